The summed E-state index contributed by atoms with van der Waals surface area (Å²) in [6.07, 6.45) is 5.44. The molecule has 1 N–H and O–H groups in total. The number of carbonyl (C=O) groups excluding carboxylic acids is 2. The lowest BCUT2D eigenvalue weighted by molar-refractivity contribution is -0.141. The Morgan fingerprint density at radius 2 is 1.75 bits per heavy atom. The number of piperazine rings is 1. The van der Waals surface area contributed by atoms with E-state index in [-0.39, 0.29) is 17.2 Å². The highest BCUT2D eigenvalue weighted by Gasteiger charge is 2.52. The summed E-state index contributed by atoms with van der Waals surface area (Å²) >= 11 is 0. The summed E-state index contributed by atoms with van der Waals surface area (Å²) in [6, 6.07) is 0. The normalized spacial score (nSPS) is 26.9. The van der Waals surface area contributed by atoms with Crippen LogP contribution in [0.4, 0.5) is 0 Å². The van der Waals surface area contributed by atoms with Gasteiger partial charge in [-0.25, -0.2) is 0 Å². The number of nitrogens with one attached hydrogen (secondary N) is 1. The number of rotatable bonds is 4. The van der Waals surface area contributed by atoms with Crippen LogP contribution >= 0.6 is 0 Å². The second-order valence-electron chi connectivity index (χ2n) is 6.46. The van der Waals surface area contributed by atoms with E-state index in [0.717, 1.165) is 64.8 Å². The molecule has 1 aliphatic carbocycles. The zero-order valence-electron chi connectivity index (χ0n) is 12.2. The minimum Gasteiger partial charge on any atom is -0.314 e. The minimum atomic E-state index is -0.299. The lowest BCUT2D eigenvalue weighted by atomic mass is 9.84. The number of hydrogen-bond acceptors (Lipinski definition) is 4. The average molecular weight is 279 g/mol. The number of nitrogens with zero attached hydrogens (tertiary/aromatic N) is 2. The van der Waals surface area contributed by atoms with Gasteiger partial charge in [-0.2, -0.15) is 0 Å². The third-order valence-electron chi connectivity index (χ3n) is 5.12. The zero-order valence-corrected chi connectivity index (χ0v) is 12.2. The zero-order chi connectivity index (χ0) is 14.0. The monoisotopic (exact) mass is 279 g/mol. The third-order valence-corrected chi connectivity index (χ3v) is 5.12. The molecule has 0 bridgehead atoms. The first-order valence-corrected chi connectivity index (χ1v) is 7.99. The Bertz CT molecular complexity index is 385. The number of likely N-dealkylation sites (tertiary alicyclic amines) is 1. The van der Waals surface area contributed by atoms with E-state index in [4.69, 9.17) is 0 Å². The van der Waals surface area contributed by atoms with Gasteiger partial charge in [0, 0.05) is 39.1 Å². The molecule has 0 aromatic carbocycles. The molecule has 20 heavy (non-hydrogen) atoms. The van der Waals surface area contributed by atoms with E-state index < -0.39 is 0 Å². The molecule has 1 spiro atoms. The van der Waals surface area contributed by atoms with Crippen molar-refractivity contribution in [2.24, 2.45) is 5.41 Å². The van der Waals surface area contributed by atoms with Crippen LogP contribution in [0.15, 0.2) is 0 Å². The van der Waals surface area contributed by atoms with Gasteiger partial charge in [0.05, 0.1) is 5.41 Å². The predicted octanol–water partition coefficient (Wildman–Crippen LogP) is 0.601. The van der Waals surface area contributed by atoms with Gasteiger partial charge in [-0.3, -0.25) is 14.5 Å². The van der Waals surface area contributed by atoms with Crippen molar-refractivity contribution in [1.29, 1.82) is 0 Å². The van der Waals surface area contributed by atoms with E-state index in [1.54, 1.807) is 4.90 Å². The Labute approximate surface area is 120 Å². The van der Waals surface area contributed by atoms with Crippen molar-refractivity contribution < 1.29 is 9.59 Å². The summed E-state index contributed by atoms with van der Waals surface area (Å²) in [5.41, 5.74) is -0.299. The van der Waals surface area contributed by atoms with Crippen LogP contribution in [-0.4, -0.2) is 60.9 Å². The smallest absolute Gasteiger partial charge is 0.235 e. The second-order valence-corrected chi connectivity index (χ2v) is 6.46. The largest absolute Gasteiger partial charge is 0.314 e. The molecule has 112 valence electrons. The number of imide groups is 1. The summed E-state index contributed by atoms with van der Waals surface area (Å²) in [5.74, 6) is 0.192. The van der Waals surface area contributed by atoms with Crippen molar-refractivity contribution in [3.05, 3.63) is 0 Å². The van der Waals surface area contributed by atoms with Gasteiger partial charge in [0.25, 0.3) is 0 Å². The van der Waals surface area contributed by atoms with E-state index in [1.165, 1.54) is 0 Å². The van der Waals surface area contributed by atoms with E-state index in [9.17, 15) is 9.59 Å². The van der Waals surface area contributed by atoms with Crippen LogP contribution in [0.5, 0.6) is 0 Å². The summed E-state index contributed by atoms with van der Waals surface area (Å²) in [4.78, 5) is 28.6. The summed E-state index contributed by atoms with van der Waals surface area (Å²) < 4.78 is 0. The van der Waals surface area contributed by atoms with Gasteiger partial charge in [0.2, 0.25) is 11.8 Å². The molecule has 1 saturated carbocycles. The number of amides is 2. The lowest BCUT2D eigenvalue weighted by Crippen LogP contribution is -2.44. The highest BCUT2D eigenvalue weighted by molar-refractivity contribution is 6.06. The highest BCUT2D eigenvalue weighted by Crippen LogP contribution is 2.46. The topological polar surface area (TPSA) is 52.7 Å². The molecule has 0 aromatic rings. The maximum Gasteiger partial charge on any atom is 0.235 e. The summed E-state index contributed by atoms with van der Waals surface area (Å²) in [7, 11) is 0. The van der Waals surface area contributed by atoms with Crippen molar-refractivity contribution >= 4 is 11.8 Å². The lowest BCUT2D eigenvalue weighted by Gasteiger charge is -2.28. The van der Waals surface area contributed by atoms with Crippen molar-refractivity contribution in [2.75, 3.05) is 39.3 Å². The van der Waals surface area contributed by atoms with Crippen LogP contribution in [0.3, 0.4) is 0 Å². The van der Waals surface area contributed by atoms with Gasteiger partial charge in [-0.15, -0.1) is 0 Å². The Kier molecular flexibility index (Phi) is 4.08. The molecule has 2 aliphatic heterocycles. The maximum atomic E-state index is 12.5. The van der Waals surface area contributed by atoms with Gasteiger partial charge in [0.1, 0.15) is 0 Å². The molecule has 3 aliphatic rings. The Hall–Kier alpha value is -0.940. The third kappa shape index (κ3) is 2.61. The molecular formula is C15H25N3O2. The first-order valence-electron chi connectivity index (χ1n) is 7.99. The first kappa shape index (κ1) is 14.0. The molecule has 0 radical (unpaired) electrons. The predicted molar refractivity (Wildman–Crippen MR) is 76.2 cm³/mol. The van der Waals surface area contributed by atoms with Crippen LogP contribution in [0, 0.1) is 5.41 Å². The summed E-state index contributed by atoms with van der Waals surface area (Å²) in [5, 5.41) is 3.33. The molecule has 3 fully saturated rings. The molecule has 0 atom stereocenters. The second kappa shape index (κ2) is 5.82. The fourth-order valence-electron chi connectivity index (χ4n) is 3.92. The highest BCUT2D eigenvalue weighted by atomic mass is 16.2. The van der Waals surface area contributed by atoms with Gasteiger partial charge in [-0.05, 0) is 25.8 Å². The SMILES string of the molecule is O=C1CC2(CCCC2)C(=O)N1CCCN1CCNCC1. The molecule has 5 nitrogen and oxygen atoms in total. The molecule has 0 aromatic heterocycles. The minimum absolute atomic E-state index is 0.0669. The van der Waals surface area contributed by atoms with E-state index in [2.05, 4.69) is 10.2 Å². The fourth-order valence-corrected chi connectivity index (χ4v) is 3.92. The first-order chi connectivity index (χ1) is 9.71. The molecule has 2 heterocycles. The van der Waals surface area contributed by atoms with Crippen molar-refractivity contribution in [2.45, 2.75) is 38.5 Å². The van der Waals surface area contributed by atoms with Gasteiger partial charge >= 0.3 is 0 Å². The van der Waals surface area contributed by atoms with Gasteiger partial charge in [-0.1, -0.05) is 12.8 Å². The van der Waals surface area contributed by atoms with Crippen LogP contribution in [-0.2, 0) is 9.59 Å². The standard InChI is InChI=1S/C15H25N3O2/c19-13-12-15(4-1-2-5-15)14(20)18(13)9-3-8-17-10-6-16-7-11-17/h16H,1-12H2. The molecule has 3 rings (SSSR count). The van der Waals surface area contributed by atoms with E-state index in [0.29, 0.717) is 13.0 Å². The van der Waals surface area contributed by atoms with Crippen LogP contribution in [0.2, 0.25) is 0 Å². The van der Waals surface area contributed by atoms with Crippen molar-refractivity contribution in [3.63, 3.8) is 0 Å². The Balaban J connectivity index is 1.49. The van der Waals surface area contributed by atoms with E-state index in [1.807, 2.05) is 0 Å². The van der Waals surface area contributed by atoms with Crippen LogP contribution in [0.1, 0.15) is 38.5 Å². The summed E-state index contributed by atoms with van der Waals surface area (Å²) in [6.45, 7) is 5.85. The molecule has 5 heteroatoms. The fraction of sp³-hybridized carbons (Fsp3) is 0.867. The average Bonchev–Trinajstić information content (AvgIpc) is 3.01. The molecule has 2 amide bonds. The van der Waals surface area contributed by atoms with Gasteiger partial charge in [0.15, 0.2) is 0 Å². The van der Waals surface area contributed by atoms with Crippen LogP contribution < -0.4 is 5.32 Å². The van der Waals surface area contributed by atoms with Crippen molar-refractivity contribution in [3.8, 4) is 0 Å². The van der Waals surface area contributed by atoms with E-state index >= 15 is 0 Å². The number of carbonyl (C=O) groups is 2. The van der Waals surface area contributed by atoms with Gasteiger partial charge < -0.3 is 10.2 Å². The Morgan fingerprint density at radius 3 is 2.45 bits per heavy atom. The Morgan fingerprint density at radius 1 is 1.05 bits per heavy atom. The van der Waals surface area contributed by atoms with Crippen molar-refractivity contribution in [1.82, 2.24) is 15.1 Å². The molecule has 2 saturated heterocycles. The van der Waals surface area contributed by atoms with Crippen LogP contribution in [0.25, 0.3) is 0 Å². The molecular weight excluding hydrogens is 254 g/mol. The quantitative estimate of drug-likeness (QED) is 0.766. The maximum absolute atomic E-state index is 12.5. The molecule has 0 unspecified atom stereocenters. The number of hydrogen-bond donors (Lipinski definition) is 1.